The highest BCUT2D eigenvalue weighted by Gasteiger charge is 2.33. The first kappa shape index (κ1) is 17.5. The molecular weight excluding hydrogens is 349 g/mol. The van der Waals surface area contributed by atoms with Crippen molar-refractivity contribution in [1.29, 1.82) is 0 Å². The highest BCUT2D eigenvalue weighted by Crippen LogP contribution is 2.34. The molecule has 0 aliphatic carbocycles. The molecule has 0 aliphatic rings. The molecule has 0 radical (unpaired) electrons. The molecule has 0 atom stereocenters. The zero-order valence-electron chi connectivity index (χ0n) is 13.5. The molecule has 134 valence electrons. The highest BCUT2D eigenvalue weighted by molar-refractivity contribution is 6.05. The molecule has 1 aromatic carbocycles. The number of rotatable bonds is 4. The molecule has 2 aromatic heterocycles. The Morgan fingerprint density at radius 2 is 1.92 bits per heavy atom. The van der Waals surface area contributed by atoms with Gasteiger partial charge in [-0.05, 0) is 25.1 Å². The lowest BCUT2D eigenvalue weighted by molar-refractivity contribution is -0.136. The molecule has 0 saturated heterocycles. The molecule has 3 rings (SSSR count). The summed E-state index contributed by atoms with van der Waals surface area (Å²) in [6.45, 7) is 1.72. The number of hydrogen-bond acceptors (Lipinski definition) is 5. The molecule has 6 nitrogen and oxygen atoms in total. The molecule has 0 bridgehead atoms. The average Bonchev–Trinajstić information content (AvgIpc) is 2.99. The third-order valence-electron chi connectivity index (χ3n) is 3.38. The maximum atomic E-state index is 13.0. The van der Waals surface area contributed by atoms with Crippen molar-refractivity contribution < 1.29 is 22.5 Å². The topological polar surface area (TPSA) is 80.0 Å². The SMILES string of the molecule is Cc1cc(Nc2cncc(C(=O)Nc3ccccc3C(F)(F)F)c2)no1. The number of amides is 1. The third-order valence-corrected chi connectivity index (χ3v) is 3.38. The molecule has 0 spiro atoms. The second-order valence-electron chi connectivity index (χ2n) is 5.41. The van der Waals surface area contributed by atoms with Crippen LogP contribution in [0.3, 0.4) is 0 Å². The van der Waals surface area contributed by atoms with E-state index in [9.17, 15) is 18.0 Å². The van der Waals surface area contributed by atoms with Gasteiger partial charge >= 0.3 is 6.18 Å². The van der Waals surface area contributed by atoms with Crippen LogP contribution in [0.15, 0.2) is 53.3 Å². The first-order chi connectivity index (χ1) is 12.3. The van der Waals surface area contributed by atoms with Crippen LogP contribution >= 0.6 is 0 Å². The fraction of sp³-hybridized carbons (Fsp3) is 0.118. The van der Waals surface area contributed by atoms with E-state index in [0.717, 1.165) is 6.07 Å². The van der Waals surface area contributed by atoms with Gasteiger partial charge in [0.25, 0.3) is 5.91 Å². The normalized spacial score (nSPS) is 11.2. The van der Waals surface area contributed by atoms with Gasteiger partial charge in [-0.25, -0.2) is 0 Å². The summed E-state index contributed by atoms with van der Waals surface area (Å²) in [6.07, 6.45) is -1.87. The van der Waals surface area contributed by atoms with Crippen LogP contribution in [0, 0.1) is 6.92 Å². The van der Waals surface area contributed by atoms with Crippen LogP contribution in [0.5, 0.6) is 0 Å². The van der Waals surface area contributed by atoms with Gasteiger partial charge in [0.1, 0.15) is 5.76 Å². The summed E-state index contributed by atoms with van der Waals surface area (Å²) in [6, 6.07) is 7.85. The van der Waals surface area contributed by atoms with Crippen LogP contribution in [0.2, 0.25) is 0 Å². The van der Waals surface area contributed by atoms with Crippen LogP contribution in [-0.2, 0) is 6.18 Å². The lowest BCUT2D eigenvalue weighted by Crippen LogP contribution is -2.17. The predicted octanol–water partition coefficient (Wildman–Crippen LogP) is 4.39. The smallest absolute Gasteiger partial charge is 0.360 e. The van der Waals surface area contributed by atoms with Crippen molar-refractivity contribution in [2.75, 3.05) is 10.6 Å². The predicted molar refractivity (Wildman–Crippen MR) is 88.2 cm³/mol. The maximum absolute atomic E-state index is 13.0. The van der Waals surface area contributed by atoms with E-state index >= 15 is 0 Å². The standard InChI is InChI=1S/C17H13F3N4O2/c1-10-6-15(24-26-10)22-12-7-11(8-21-9-12)16(25)23-14-5-3-2-4-13(14)17(18,19)20/h2-9H,1H3,(H,22,24)(H,23,25). The molecular formula is C17H13F3N4O2. The van der Waals surface area contributed by atoms with Crippen LogP contribution in [0.4, 0.5) is 30.4 Å². The number of pyridine rings is 1. The molecule has 2 heterocycles. The van der Waals surface area contributed by atoms with Crippen LogP contribution in [0.25, 0.3) is 0 Å². The number of nitrogens with zero attached hydrogens (tertiary/aromatic N) is 2. The van der Waals surface area contributed by atoms with Gasteiger partial charge in [0, 0.05) is 12.3 Å². The van der Waals surface area contributed by atoms with Gasteiger partial charge in [-0.2, -0.15) is 13.2 Å². The van der Waals surface area contributed by atoms with Gasteiger partial charge in [0.2, 0.25) is 0 Å². The monoisotopic (exact) mass is 362 g/mol. The van der Waals surface area contributed by atoms with E-state index in [0.29, 0.717) is 17.3 Å². The number of nitrogens with one attached hydrogen (secondary N) is 2. The number of alkyl halides is 3. The van der Waals surface area contributed by atoms with Crippen molar-refractivity contribution in [3.05, 3.63) is 65.7 Å². The Hall–Kier alpha value is -3.36. The summed E-state index contributed by atoms with van der Waals surface area (Å²) in [7, 11) is 0. The third kappa shape index (κ3) is 4.00. The summed E-state index contributed by atoms with van der Waals surface area (Å²) in [5, 5.41) is 8.91. The molecule has 9 heteroatoms. The van der Waals surface area contributed by atoms with Gasteiger partial charge < -0.3 is 15.2 Å². The molecule has 0 unspecified atom stereocenters. The number of para-hydroxylation sites is 1. The number of aryl methyl sites for hydroxylation is 1. The number of benzene rings is 1. The molecule has 1 amide bonds. The molecule has 26 heavy (non-hydrogen) atoms. The largest absolute Gasteiger partial charge is 0.418 e. The van der Waals surface area contributed by atoms with Crippen LogP contribution in [0.1, 0.15) is 21.7 Å². The lowest BCUT2D eigenvalue weighted by Gasteiger charge is -2.13. The van der Waals surface area contributed by atoms with E-state index in [-0.39, 0.29) is 11.3 Å². The Labute approximate surface area is 146 Å². The van der Waals surface area contributed by atoms with Crippen LogP contribution < -0.4 is 10.6 Å². The summed E-state index contributed by atoms with van der Waals surface area (Å²) in [4.78, 5) is 16.2. The minimum atomic E-state index is -4.57. The number of halogens is 3. The first-order valence-corrected chi connectivity index (χ1v) is 7.46. The molecule has 0 fully saturated rings. The van der Waals surface area contributed by atoms with Gasteiger partial charge in [-0.1, -0.05) is 17.3 Å². The molecule has 0 aliphatic heterocycles. The van der Waals surface area contributed by atoms with E-state index in [1.54, 1.807) is 13.0 Å². The van der Waals surface area contributed by atoms with Crippen molar-refractivity contribution in [2.24, 2.45) is 0 Å². The van der Waals surface area contributed by atoms with Crippen molar-refractivity contribution in [3.8, 4) is 0 Å². The fourth-order valence-corrected chi connectivity index (χ4v) is 2.24. The molecule has 3 aromatic rings. The summed E-state index contributed by atoms with van der Waals surface area (Å²) >= 11 is 0. The Kier molecular flexibility index (Phi) is 4.61. The Morgan fingerprint density at radius 3 is 2.62 bits per heavy atom. The quantitative estimate of drug-likeness (QED) is 0.719. The number of aromatic nitrogens is 2. The van der Waals surface area contributed by atoms with E-state index in [2.05, 4.69) is 20.8 Å². The second kappa shape index (κ2) is 6.87. The van der Waals surface area contributed by atoms with Gasteiger partial charge in [0.05, 0.1) is 28.7 Å². The number of carbonyl (C=O) groups excluding carboxylic acids is 1. The summed E-state index contributed by atoms with van der Waals surface area (Å²) in [5.74, 6) is 0.302. The second-order valence-corrected chi connectivity index (χ2v) is 5.41. The van der Waals surface area contributed by atoms with Crippen LogP contribution in [-0.4, -0.2) is 16.0 Å². The lowest BCUT2D eigenvalue weighted by atomic mass is 10.1. The summed E-state index contributed by atoms with van der Waals surface area (Å²) in [5.41, 5.74) is -0.716. The van der Waals surface area contributed by atoms with E-state index in [1.165, 1.54) is 36.7 Å². The molecule has 2 N–H and O–H groups in total. The summed E-state index contributed by atoms with van der Waals surface area (Å²) < 4.78 is 44.0. The maximum Gasteiger partial charge on any atom is 0.418 e. The number of hydrogen-bond donors (Lipinski definition) is 2. The van der Waals surface area contributed by atoms with E-state index in [1.807, 2.05) is 0 Å². The minimum Gasteiger partial charge on any atom is -0.360 e. The van der Waals surface area contributed by atoms with Crippen molar-refractivity contribution in [3.63, 3.8) is 0 Å². The molecule has 0 saturated carbocycles. The van der Waals surface area contributed by atoms with Crippen molar-refractivity contribution >= 4 is 23.1 Å². The highest BCUT2D eigenvalue weighted by atomic mass is 19.4. The van der Waals surface area contributed by atoms with Gasteiger partial charge in [0.15, 0.2) is 5.82 Å². The zero-order chi connectivity index (χ0) is 18.7. The van der Waals surface area contributed by atoms with Gasteiger partial charge in [-0.3, -0.25) is 9.78 Å². The number of carbonyl (C=O) groups is 1. The Bertz CT molecular complexity index is 938. The zero-order valence-corrected chi connectivity index (χ0v) is 13.5. The average molecular weight is 362 g/mol. The Morgan fingerprint density at radius 1 is 1.15 bits per heavy atom. The van der Waals surface area contributed by atoms with E-state index < -0.39 is 17.6 Å². The number of anilines is 3. The van der Waals surface area contributed by atoms with Crippen molar-refractivity contribution in [2.45, 2.75) is 13.1 Å². The van der Waals surface area contributed by atoms with Crippen molar-refractivity contribution in [1.82, 2.24) is 10.1 Å². The van der Waals surface area contributed by atoms with Gasteiger partial charge in [-0.15, -0.1) is 0 Å². The van der Waals surface area contributed by atoms with E-state index in [4.69, 9.17) is 4.52 Å². The Balaban J connectivity index is 1.80. The first-order valence-electron chi connectivity index (χ1n) is 7.46. The fourth-order valence-electron chi connectivity index (χ4n) is 2.24. The minimum absolute atomic E-state index is 0.0900.